The van der Waals surface area contributed by atoms with Gasteiger partial charge in [-0.2, -0.15) is 0 Å². The van der Waals surface area contributed by atoms with Gasteiger partial charge in [0, 0.05) is 18.2 Å². The molecule has 2 aromatic rings. The molecule has 0 saturated heterocycles. The first kappa shape index (κ1) is 12.9. The van der Waals surface area contributed by atoms with Crippen LogP contribution in [-0.4, -0.2) is 19.6 Å². The number of aryl methyl sites for hydroxylation is 1. The summed E-state index contributed by atoms with van der Waals surface area (Å²) in [6.45, 7) is 2.28. The summed E-state index contributed by atoms with van der Waals surface area (Å²) < 4.78 is 6.53. The fraction of sp³-hybridized carbons (Fsp3) is 0.357. The number of fused-ring (bicyclic) bond motifs is 1. The Hall–Kier alpha value is -1.55. The quantitative estimate of drug-likeness (QED) is 0.842. The summed E-state index contributed by atoms with van der Waals surface area (Å²) in [5.41, 5.74) is 1.33. The number of carbonyl (C=O) groups excluding carboxylic acids is 1. The van der Waals surface area contributed by atoms with E-state index in [9.17, 15) is 4.79 Å². The zero-order valence-electron chi connectivity index (χ0n) is 10.7. The molecule has 96 valence electrons. The van der Waals surface area contributed by atoms with Crippen LogP contribution in [0.5, 0.6) is 5.75 Å². The van der Waals surface area contributed by atoms with E-state index in [1.807, 2.05) is 6.07 Å². The number of methoxy groups -OCH3 is 1. The Labute approximate surface area is 111 Å². The van der Waals surface area contributed by atoms with Crippen molar-refractivity contribution in [3.63, 3.8) is 0 Å². The molecule has 0 aliphatic carbocycles. The van der Waals surface area contributed by atoms with E-state index in [2.05, 4.69) is 22.8 Å². The first-order valence-corrected chi connectivity index (χ1v) is 6.87. The number of benzene rings is 1. The largest absolute Gasteiger partial charge is 0.497 e. The number of rotatable bonds is 5. The molecule has 1 amide bonds. The molecule has 0 bridgehead atoms. The average molecular weight is 263 g/mol. The average Bonchev–Trinajstić information content (AvgIpc) is 2.76. The van der Waals surface area contributed by atoms with Gasteiger partial charge < -0.3 is 10.1 Å². The summed E-state index contributed by atoms with van der Waals surface area (Å²) in [5.74, 6) is 0.927. The van der Waals surface area contributed by atoms with Crippen LogP contribution in [0.1, 0.15) is 18.9 Å². The lowest BCUT2D eigenvalue weighted by Crippen LogP contribution is -2.21. The molecule has 0 unspecified atom stereocenters. The van der Waals surface area contributed by atoms with E-state index in [0.717, 1.165) is 25.1 Å². The highest BCUT2D eigenvalue weighted by Gasteiger charge is 2.05. The second-order valence-electron chi connectivity index (χ2n) is 4.21. The molecular weight excluding hydrogens is 246 g/mol. The molecule has 2 rings (SSSR count). The van der Waals surface area contributed by atoms with E-state index in [1.54, 1.807) is 25.4 Å². The van der Waals surface area contributed by atoms with Crippen molar-refractivity contribution in [2.24, 2.45) is 0 Å². The van der Waals surface area contributed by atoms with Gasteiger partial charge in [-0.05, 0) is 47.4 Å². The van der Waals surface area contributed by atoms with E-state index < -0.39 is 0 Å². The molecule has 1 aromatic carbocycles. The summed E-state index contributed by atoms with van der Waals surface area (Å²) in [7, 11) is 1.68. The molecule has 1 aromatic heterocycles. The number of carbonyl (C=O) groups is 1. The first-order chi connectivity index (χ1) is 8.70. The van der Waals surface area contributed by atoms with Crippen molar-refractivity contribution in [1.82, 2.24) is 5.32 Å². The Morgan fingerprint density at radius 3 is 3.00 bits per heavy atom. The summed E-state index contributed by atoms with van der Waals surface area (Å²) in [4.78, 5) is 10.8. The molecule has 0 aliphatic rings. The van der Waals surface area contributed by atoms with Crippen molar-refractivity contribution >= 4 is 27.3 Å². The molecule has 1 heterocycles. The summed E-state index contributed by atoms with van der Waals surface area (Å²) in [5, 5.41) is 6.28. The summed E-state index contributed by atoms with van der Waals surface area (Å²) >= 11 is 1.75. The van der Waals surface area contributed by atoms with Crippen LogP contribution in [0.25, 0.3) is 10.1 Å². The molecular formula is C14H17NO2S. The SMILES string of the molecule is COc1ccc2scc(CCCNC(C)=O)c2c1. The van der Waals surface area contributed by atoms with Gasteiger partial charge in [0.1, 0.15) is 5.75 Å². The van der Waals surface area contributed by atoms with Crippen LogP contribution in [0.3, 0.4) is 0 Å². The number of thiophene rings is 1. The third-order valence-corrected chi connectivity index (χ3v) is 3.87. The van der Waals surface area contributed by atoms with Crippen molar-refractivity contribution in [2.75, 3.05) is 13.7 Å². The maximum atomic E-state index is 10.8. The molecule has 0 aliphatic heterocycles. The molecule has 18 heavy (non-hydrogen) atoms. The molecule has 0 fully saturated rings. The zero-order chi connectivity index (χ0) is 13.0. The highest BCUT2D eigenvalue weighted by Crippen LogP contribution is 2.30. The van der Waals surface area contributed by atoms with Crippen LogP contribution < -0.4 is 10.1 Å². The van der Waals surface area contributed by atoms with Crippen LogP contribution in [-0.2, 0) is 11.2 Å². The van der Waals surface area contributed by atoms with Crippen molar-refractivity contribution in [1.29, 1.82) is 0 Å². The molecule has 0 saturated carbocycles. The second-order valence-corrected chi connectivity index (χ2v) is 5.12. The van der Waals surface area contributed by atoms with Gasteiger partial charge in [-0.1, -0.05) is 0 Å². The Balaban J connectivity index is 2.06. The smallest absolute Gasteiger partial charge is 0.216 e. The minimum Gasteiger partial charge on any atom is -0.497 e. The number of ether oxygens (including phenoxy) is 1. The van der Waals surface area contributed by atoms with Crippen LogP contribution in [0.2, 0.25) is 0 Å². The van der Waals surface area contributed by atoms with Crippen LogP contribution in [0.4, 0.5) is 0 Å². The van der Waals surface area contributed by atoms with E-state index in [-0.39, 0.29) is 5.91 Å². The molecule has 3 nitrogen and oxygen atoms in total. The number of hydrogen-bond donors (Lipinski definition) is 1. The Morgan fingerprint density at radius 1 is 1.44 bits per heavy atom. The highest BCUT2D eigenvalue weighted by molar-refractivity contribution is 7.17. The van der Waals surface area contributed by atoms with Gasteiger partial charge >= 0.3 is 0 Å². The van der Waals surface area contributed by atoms with Crippen molar-refractivity contribution in [3.8, 4) is 5.75 Å². The van der Waals surface area contributed by atoms with Gasteiger partial charge in [-0.15, -0.1) is 11.3 Å². The fourth-order valence-corrected chi connectivity index (χ4v) is 2.90. The molecule has 0 atom stereocenters. The summed E-state index contributed by atoms with van der Waals surface area (Å²) in [6, 6.07) is 6.16. The highest BCUT2D eigenvalue weighted by atomic mass is 32.1. The molecule has 0 radical (unpaired) electrons. The fourth-order valence-electron chi connectivity index (χ4n) is 1.92. The topological polar surface area (TPSA) is 38.3 Å². The maximum absolute atomic E-state index is 10.8. The van der Waals surface area contributed by atoms with Crippen molar-refractivity contribution < 1.29 is 9.53 Å². The molecule has 1 N–H and O–H groups in total. The first-order valence-electron chi connectivity index (χ1n) is 5.99. The third kappa shape index (κ3) is 3.01. The van der Waals surface area contributed by atoms with Gasteiger partial charge in [0.05, 0.1) is 7.11 Å². The van der Waals surface area contributed by atoms with Gasteiger partial charge in [0.2, 0.25) is 5.91 Å². The van der Waals surface area contributed by atoms with E-state index >= 15 is 0 Å². The standard InChI is InChI=1S/C14H17NO2S/c1-10(16)15-7-3-4-11-9-18-14-6-5-12(17-2)8-13(11)14/h5-6,8-9H,3-4,7H2,1-2H3,(H,15,16). The molecule has 0 spiro atoms. The van der Waals surface area contributed by atoms with E-state index in [4.69, 9.17) is 4.74 Å². The zero-order valence-corrected chi connectivity index (χ0v) is 11.5. The molecule has 4 heteroatoms. The lowest BCUT2D eigenvalue weighted by Gasteiger charge is -2.03. The lowest BCUT2D eigenvalue weighted by atomic mass is 10.1. The van der Waals surface area contributed by atoms with Crippen LogP contribution in [0, 0.1) is 0 Å². The Morgan fingerprint density at radius 2 is 2.28 bits per heavy atom. The van der Waals surface area contributed by atoms with E-state index in [0.29, 0.717) is 0 Å². The minimum absolute atomic E-state index is 0.0341. The van der Waals surface area contributed by atoms with E-state index in [1.165, 1.54) is 15.6 Å². The van der Waals surface area contributed by atoms with Crippen molar-refractivity contribution in [3.05, 3.63) is 29.1 Å². The summed E-state index contributed by atoms with van der Waals surface area (Å²) in [6.07, 6.45) is 1.94. The Bertz CT molecular complexity index is 548. The maximum Gasteiger partial charge on any atom is 0.216 e. The predicted molar refractivity (Wildman–Crippen MR) is 75.4 cm³/mol. The number of nitrogens with one attached hydrogen (secondary N) is 1. The van der Waals surface area contributed by atoms with Gasteiger partial charge in [0.25, 0.3) is 0 Å². The monoisotopic (exact) mass is 263 g/mol. The van der Waals surface area contributed by atoms with Crippen LogP contribution >= 0.6 is 11.3 Å². The number of amides is 1. The van der Waals surface area contributed by atoms with Gasteiger partial charge in [-0.25, -0.2) is 0 Å². The van der Waals surface area contributed by atoms with Crippen molar-refractivity contribution in [2.45, 2.75) is 19.8 Å². The lowest BCUT2D eigenvalue weighted by molar-refractivity contribution is -0.118. The van der Waals surface area contributed by atoms with Gasteiger partial charge in [-0.3, -0.25) is 4.79 Å². The third-order valence-electron chi connectivity index (χ3n) is 2.86. The minimum atomic E-state index is 0.0341. The normalized spacial score (nSPS) is 10.6. The number of hydrogen-bond acceptors (Lipinski definition) is 3. The second kappa shape index (κ2) is 5.87. The van der Waals surface area contributed by atoms with Gasteiger partial charge in [0.15, 0.2) is 0 Å². The predicted octanol–water partition coefficient (Wildman–Crippen LogP) is 2.98. The Kier molecular flexibility index (Phi) is 4.20. The van der Waals surface area contributed by atoms with Crippen LogP contribution in [0.15, 0.2) is 23.6 Å².